The van der Waals surface area contributed by atoms with E-state index in [9.17, 15) is 4.79 Å². The van der Waals surface area contributed by atoms with Crippen LogP contribution >= 0.6 is 23.7 Å². The minimum absolute atomic E-state index is 0. The lowest BCUT2D eigenvalue weighted by molar-refractivity contribution is 0.102. The summed E-state index contributed by atoms with van der Waals surface area (Å²) in [5.41, 5.74) is 5.47. The molecule has 2 heterocycles. The molecule has 0 bridgehead atoms. The van der Waals surface area contributed by atoms with Gasteiger partial charge in [0.25, 0.3) is 5.91 Å². The summed E-state index contributed by atoms with van der Waals surface area (Å²) in [6.45, 7) is 3.84. The van der Waals surface area contributed by atoms with Crippen molar-refractivity contribution in [1.82, 2.24) is 10.3 Å². The number of carbonyl (C=O) groups excluding carboxylic acids is 1. The van der Waals surface area contributed by atoms with Gasteiger partial charge in [0.05, 0.1) is 5.69 Å². The summed E-state index contributed by atoms with van der Waals surface area (Å²) in [4.78, 5) is 18.3. The highest BCUT2D eigenvalue weighted by molar-refractivity contribution is 7.15. The van der Waals surface area contributed by atoms with Crippen LogP contribution in [0.1, 0.15) is 37.6 Å². The fraction of sp³-hybridized carbons (Fsp3) is 0.238. The number of nitrogens with one attached hydrogen (secondary N) is 2. The normalized spacial score (nSPS) is 12.8. The SMILES string of the molecule is Cc1nc(NC(=O)c2ccc3c(c2)CCNC3)sc1Cc1ccccc1.Cl. The first kappa shape index (κ1) is 19.5. The molecule has 4 nitrogen and oxygen atoms in total. The third kappa shape index (κ3) is 4.56. The second-order valence-electron chi connectivity index (χ2n) is 6.55. The quantitative estimate of drug-likeness (QED) is 0.685. The van der Waals surface area contributed by atoms with Crippen molar-refractivity contribution in [2.45, 2.75) is 26.3 Å². The fourth-order valence-corrected chi connectivity index (χ4v) is 4.21. The molecule has 0 spiro atoms. The van der Waals surface area contributed by atoms with E-state index in [4.69, 9.17) is 0 Å². The number of fused-ring (bicyclic) bond motifs is 1. The first-order chi connectivity index (χ1) is 12.7. The number of aryl methyl sites for hydroxylation is 1. The van der Waals surface area contributed by atoms with E-state index < -0.39 is 0 Å². The number of carbonyl (C=O) groups is 1. The Hall–Kier alpha value is -2.21. The summed E-state index contributed by atoms with van der Waals surface area (Å²) in [6.07, 6.45) is 1.81. The molecule has 0 saturated carbocycles. The molecule has 1 amide bonds. The van der Waals surface area contributed by atoms with E-state index in [0.29, 0.717) is 10.7 Å². The number of nitrogens with zero attached hydrogens (tertiary/aromatic N) is 1. The molecule has 0 aliphatic carbocycles. The van der Waals surface area contributed by atoms with Crippen LogP contribution in [0.2, 0.25) is 0 Å². The Labute approximate surface area is 169 Å². The zero-order valence-corrected chi connectivity index (χ0v) is 16.8. The smallest absolute Gasteiger partial charge is 0.257 e. The van der Waals surface area contributed by atoms with Crippen molar-refractivity contribution in [2.75, 3.05) is 11.9 Å². The molecule has 3 aromatic rings. The number of halogens is 1. The highest BCUT2D eigenvalue weighted by atomic mass is 35.5. The summed E-state index contributed by atoms with van der Waals surface area (Å²) in [5.74, 6) is -0.0913. The number of benzene rings is 2. The summed E-state index contributed by atoms with van der Waals surface area (Å²) in [7, 11) is 0. The van der Waals surface area contributed by atoms with Gasteiger partial charge in [0, 0.05) is 23.4 Å². The molecule has 6 heteroatoms. The molecule has 0 radical (unpaired) electrons. The predicted octanol–water partition coefficient (Wildman–Crippen LogP) is 4.36. The second-order valence-corrected chi connectivity index (χ2v) is 7.64. The molecule has 2 aromatic carbocycles. The number of thiazole rings is 1. The fourth-order valence-electron chi connectivity index (χ4n) is 3.21. The summed E-state index contributed by atoms with van der Waals surface area (Å²) >= 11 is 1.55. The highest BCUT2D eigenvalue weighted by Gasteiger charge is 2.15. The average Bonchev–Trinajstić information content (AvgIpc) is 3.01. The Bertz CT molecular complexity index is 940. The van der Waals surface area contributed by atoms with Crippen molar-refractivity contribution in [1.29, 1.82) is 0 Å². The van der Waals surface area contributed by atoms with Crippen LogP contribution in [0.5, 0.6) is 0 Å². The highest BCUT2D eigenvalue weighted by Crippen LogP contribution is 2.26. The summed E-state index contributed by atoms with van der Waals surface area (Å²) in [5, 5.41) is 6.98. The number of hydrogen-bond acceptors (Lipinski definition) is 4. The Morgan fingerprint density at radius 1 is 1.19 bits per heavy atom. The Morgan fingerprint density at radius 3 is 2.81 bits per heavy atom. The van der Waals surface area contributed by atoms with Crippen LogP contribution in [0.4, 0.5) is 5.13 Å². The maximum Gasteiger partial charge on any atom is 0.257 e. The number of hydrogen-bond donors (Lipinski definition) is 2. The van der Waals surface area contributed by atoms with Gasteiger partial charge in [0.1, 0.15) is 0 Å². The zero-order valence-electron chi connectivity index (χ0n) is 15.1. The van der Waals surface area contributed by atoms with Crippen LogP contribution in [-0.2, 0) is 19.4 Å². The predicted molar refractivity (Wildman–Crippen MR) is 113 cm³/mol. The summed E-state index contributed by atoms with van der Waals surface area (Å²) in [6, 6.07) is 16.3. The maximum atomic E-state index is 12.6. The van der Waals surface area contributed by atoms with Gasteiger partial charge >= 0.3 is 0 Å². The van der Waals surface area contributed by atoms with E-state index >= 15 is 0 Å². The monoisotopic (exact) mass is 399 g/mol. The van der Waals surface area contributed by atoms with E-state index in [1.54, 1.807) is 11.3 Å². The van der Waals surface area contributed by atoms with Gasteiger partial charge in [0.2, 0.25) is 0 Å². The van der Waals surface area contributed by atoms with Gasteiger partial charge < -0.3 is 5.32 Å². The molecule has 2 N–H and O–H groups in total. The van der Waals surface area contributed by atoms with E-state index in [2.05, 4.69) is 27.8 Å². The van der Waals surface area contributed by atoms with Crippen LogP contribution in [0.25, 0.3) is 0 Å². The molecule has 0 fully saturated rings. The largest absolute Gasteiger partial charge is 0.312 e. The van der Waals surface area contributed by atoms with Crippen molar-refractivity contribution in [2.24, 2.45) is 0 Å². The van der Waals surface area contributed by atoms with Crippen molar-refractivity contribution in [3.8, 4) is 0 Å². The lowest BCUT2D eigenvalue weighted by atomic mass is 9.98. The molecule has 0 unspecified atom stereocenters. The van der Waals surface area contributed by atoms with Gasteiger partial charge in [-0.05, 0) is 48.7 Å². The topological polar surface area (TPSA) is 54.0 Å². The van der Waals surface area contributed by atoms with Gasteiger partial charge in [-0.25, -0.2) is 4.98 Å². The van der Waals surface area contributed by atoms with E-state index in [-0.39, 0.29) is 18.3 Å². The van der Waals surface area contributed by atoms with Crippen molar-refractivity contribution >= 4 is 34.8 Å². The standard InChI is InChI=1S/C21H21N3OS.ClH/c1-14-19(11-15-5-3-2-4-6-15)26-21(23-14)24-20(25)17-7-8-18-13-22-10-9-16(18)12-17;/h2-8,12,22H,9-11,13H2,1H3,(H,23,24,25);1H. The Balaban J connectivity index is 0.00000210. The van der Waals surface area contributed by atoms with Crippen molar-refractivity contribution < 1.29 is 4.79 Å². The molecule has 1 aliphatic heterocycles. The van der Waals surface area contributed by atoms with Gasteiger partial charge in [-0.2, -0.15) is 0 Å². The lowest BCUT2D eigenvalue weighted by Gasteiger charge is -2.17. The van der Waals surface area contributed by atoms with E-state index in [1.807, 2.05) is 43.3 Å². The first-order valence-corrected chi connectivity index (χ1v) is 9.65. The summed E-state index contributed by atoms with van der Waals surface area (Å²) < 4.78 is 0. The number of rotatable bonds is 4. The third-order valence-corrected chi connectivity index (χ3v) is 5.75. The van der Waals surface area contributed by atoms with Crippen LogP contribution in [0.15, 0.2) is 48.5 Å². The maximum absolute atomic E-state index is 12.6. The molecule has 4 rings (SSSR count). The van der Waals surface area contributed by atoms with Crippen LogP contribution in [0, 0.1) is 6.92 Å². The third-order valence-electron chi connectivity index (χ3n) is 4.68. The molecular formula is C21H22ClN3OS. The van der Waals surface area contributed by atoms with Crippen molar-refractivity contribution in [3.05, 3.63) is 81.4 Å². The van der Waals surface area contributed by atoms with Crippen LogP contribution in [0.3, 0.4) is 0 Å². The average molecular weight is 400 g/mol. The molecule has 140 valence electrons. The van der Waals surface area contributed by atoms with Gasteiger partial charge in [-0.1, -0.05) is 36.4 Å². The van der Waals surface area contributed by atoms with Gasteiger partial charge in [-0.15, -0.1) is 23.7 Å². The number of anilines is 1. The Morgan fingerprint density at radius 2 is 2.00 bits per heavy atom. The molecular weight excluding hydrogens is 378 g/mol. The molecule has 27 heavy (non-hydrogen) atoms. The Kier molecular flexibility index (Phi) is 6.26. The number of amides is 1. The van der Waals surface area contributed by atoms with E-state index in [0.717, 1.165) is 31.6 Å². The first-order valence-electron chi connectivity index (χ1n) is 8.83. The molecule has 0 saturated heterocycles. The lowest BCUT2D eigenvalue weighted by Crippen LogP contribution is -2.24. The van der Waals surface area contributed by atoms with Gasteiger partial charge in [0.15, 0.2) is 5.13 Å². The van der Waals surface area contributed by atoms with Crippen LogP contribution < -0.4 is 10.6 Å². The second kappa shape index (κ2) is 8.65. The zero-order chi connectivity index (χ0) is 17.9. The minimum atomic E-state index is -0.0913. The van der Waals surface area contributed by atoms with E-state index in [1.165, 1.54) is 21.6 Å². The molecule has 0 atom stereocenters. The van der Waals surface area contributed by atoms with Crippen LogP contribution in [-0.4, -0.2) is 17.4 Å². The molecule has 1 aliphatic rings. The minimum Gasteiger partial charge on any atom is -0.312 e. The molecule has 1 aromatic heterocycles. The van der Waals surface area contributed by atoms with Gasteiger partial charge in [-0.3, -0.25) is 10.1 Å². The van der Waals surface area contributed by atoms with Crippen molar-refractivity contribution in [3.63, 3.8) is 0 Å². The number of aromatic nitrogens is 1.